The van der Waals surface area contributed by atoms with Gasteiger partial charge in [-0.1, -0.05) is 23.7 Å². The lowest BCUT2D eigenvalue weighted by molar-refractivity contribution is -0.127. The summed E-state index contributed by atoms with van der Waals surface area (Å²) < 4.78 is 5.57. The molecule has 1 heterocycles. The minimum absolute atomic E-state index is 0.0778. The van der Waals surface area contributed by atoms with Crippen molar-refractivity contribution in [2.75, 3.05) is 16.8 Å². The molecule has 0 radical (unpaired) electrons. The van der Waals surface area contributed by atoms with Crippen molar-refractivity contribution in [3.05, 3.63) is 53.1 Å². The fourth-order valence-corrected chi connectivity index (χ4v) is 2.85. The molecule has 0 saturated heterocycles. The first-order valence-corrected chi connectivity index (χ1v) is 7.96. The molecule has 1 atom stereocenters. The first kappa shape index (κ1) is 16.3. The van der Waals surface area contributed by atoms with Crippen LogP contribution < -0.4 is 15.0 Å². The van der Waals surface area contributed by atoms with Crippen LogP contribution in [0.2, 0.25) is 5.02 Å². The summed E-state index contributed by atoms with van der Waals surface area (Å²) in [6.07, 6.45) is -0.620. The Bertz CT molecular complexity index is 807. The third-order valence-corrected chi connectivity index (χ3v) is 4.07. The summed E-state index contributed by atoms with van der Waals surface area (Å²) in [5, 5.41) is 3.43. The maximum atomic E-state index is 12.4. The number of nitrogens with one attached hydrogen (secondary N) is 1. The number of hydrogen-bond acceptors (Lipinski definition) is 3. The first-order valence-electron chi connectivity index (χ1n) is 7.59. The second kappa shape index (κ2) is 6.53. The highest BCUT2D eigenvalue weighted by Gasteiger charge is 2.32. The number of para-hydroxylation sites is 2. The fraction of sp³-hybridized carbons (Fsp3) is 0.222. The number of benzene rings is 2. The molecule has 0 aliphatic carbocycles. The normalized spacial score (nSPS) is 16.4. The van der Waals surface area contributed by atoms with Crippen LogP contribution in [-0.4, -0.2) is 24.5 Å². The molecule has 2 aromatic carbocycles. The summed E-state index contributed by atoms with van der Waals surface area (Å²) in [5.41, 5.74) is 2.13. The molecule has 2 aromatic rings. The minimum atomic E-state index is -0.620. The highest BCUT2D eigenvalue weighted by Crippen LogP contribution is 2.33. The smallest absolute Gasteiger partial charge is 0.268 e. The Morgan fingerprint density at radius 2 is 2.04 bits per heavy atom. The number of anilines is 2. The molecule has 5 nitrogen and oxygen atoms in total. The number of carbonyl (C=O) groups excluding carboxylic acids is 2. The van der Waals surface area contributed by atoms with E-state index in [1.165, 1.54) is 4.90 Å². The van der Waals surface area contributed by atoms with Crippen molar-refractivity contribution in [1.29, 1.82) is 0 Å². The molecule has 1 aliphatic heterocycles. The van der Waals surface area contributed by atoms with Gasteiger partial charge < -0.3 is 10.1 Å². The van der Waals surface area contributed by atoms with Gasteiger partial charge in [0, 0.05) is 10.7 Å². The van der Waals surface area contributed by atoms with Crippen molar-refractivity contribution in [2.24, 2.45) is 0 Å². The Balaban J connectivity index is 1.79. The monoisotopic (exact) mass is 344 g/mol. The lowest BCUT2D eigenvalue weighted by atomic mass is 10.1. The lowest BCUT2D eigenvalue weighted by Gasteiger charge is -2.32. The molecule has 1 aliphatic rings. The van der Waals surface area contributed by atoms with Gasteiger partial charge in [0.2, 0.25) is 5.91 Å². The SMILES string of the molecule is Cc1cc(Cl)ccc1NC(=O)CN1C(=O)C(C)Oc2ccccc21. The van der Waals surface area contributed by atoms with Crippen LogP contribution in [0.1, 0.15) is 12.5 Å². The van der Waals surface area contributed by atoms with Crippen molar-refractivity contribution in [3.63, 3.8) is 0 Å². The van der Waals surface area contributed by atoms with E-state index in [0.29, 0.717) is 22.1 Å². The number of amides is 2. The van der Waals surface area contributed by atoms with E-state index in [1.807, 2.05) is 13.0 Å². The molecule has 24 heavy (non-hydrogen) atoms. The minimum Gasteiger partial charge on any atom is -0.479 e. The van der Waals surface area contributed by atoms with Crippen molar-refractivity contribution >= 4 is 34.8 Å². The molecule has 3 rings (SSSR count). The van der Waals surface area contributed by atoms with E-state index in [4.69, 9.17) is 16.3 Å². The van der Waals surface area contributed by atoms with E-state index < -0.39 is 6.10 Å². The number of carbonyl (C=O) groups is 2. The van der Waals surface area contributed by atoms with E-state index in [0.717, 1.165) is 5.56 Å². The number of ether oxygens (including phenoxy) is 1. The Hall–Kier alpha value is -2.53. The zero-order valence-electron chi connectivity index (χ0n) is 13.4. The van der Waals surface area contributed by atoms with E-state index in [9.17, 15) is 9.59 Å². The van der Waals surface area contributed by atoms with Crippen molar-refractivity contribution in [2.45, 2.75) is 20.0 Å². The Morgan fingerprint density at radius 1 is 1.29 bits per heavy atom. The van der Waals surface area contributed by atoms with Crippen LogP contribution in [0, 0.1) is 6.92 Å². The molecule has 0 fully saturated rings. The van der Waals surface area contributed by atoms with Gasteiger partial charge in [-0.05, 0) is 49.7 Å². The zero-order chi connectivity index (χ0) is 17.3. The molecule has 0 saturated carbocycles. The Kier molecular flexibility index (Phi) is 4.44. The largest absolute Gasteiger partial charge is 0.479 e. The summed E-state index contributed by atoms with van der Waals surface area (Å²) in [6.45, 7) is 3.46. The van der Waals surface area contributed by atoms with Crippen molar-refractivity contribution < 1.29 is 14.3 Å². The van der Waals surface area contributed by atoms with Gasteiger partial charge in [0.05, 0.1) is 5.69 Å². The number of halogens is 1. The molecule has 0 bridgehead atoms. The van der Waals surface area contributed by atoms with Crippen molar-refractivity contribution in [3.8, 4) is 5.75 Å². The van der Waals surface area contributed by atoms with Gasteiger partial charge in [-0.25, -0.2) is 0 Å². The van der Waals surface area contributed by atoms with E-state index >= 15 is 0 Å². The first-order chi connectivity index (χ1) is 11.5. The summed E-state index contributed by atoms with van der Waals surface area (Å²) >= 11 is 5.92. The number of hydrogen-bond donors (Lipinski definition) is 1. The molecule has 124 valence electrons. The Labute approximate surface area is 145 Å². The average Bonchev–Trinajstić information content (AvgIpc) is 2.54. The molecular weight excluding hydrogens is 328 g/mol. The standard InChI is InChI=1S/C18H17ClN2O3/c1-11-9-13(19)7-8-14(11)20-17(22)10-21-15-5-3-4-6-16(15)24-12(2)18(21)23/h3-9,12H,10H2,1-2H3,(H,20,22). The fourth-order valence-electron chi connectivity index (χ4n) is 2.62. The third kappa shape index (κ3) is 3.21. The number of fused-ring (bicyclic) bond motifs is 1. The van der Waals surface area contributed by atoms with Gasteiger partial charge in [-0.2, -0.15) is 0 Å². The molecule has 1 N–H and O–H groups in total. The van der Waals surface area contributed by atoms with Gasteiger partial charge in [-0.3, -0.25) is 14.5 Å². The maximum absolute atomic E-state index is 12.4. The van der Waals surface area contributed by atoms with Gasteiger partial charge in [0.1, 0.15) is 12.3 Å². The zero-order valence-corrected chi connectivity index (χ0v) is 14.1. The highest BCUT2D eigenvalue weighted by molar-refractivity contribution is 6.30. The van der Waals surface area contributed by atoms with Crippen molar-refractivity contribution in [1.82, 2.24) is 0 Å². The van der Waals surface area contributed by atoms with Gasteiger partial charge in [0.15, 0.2) is 6.10 Å². The second-order valence-corrected chi connectivity index (χ2v) is 6.10. The summed E-state index contributed by atoms with van der Waals surface area (Å²) in [6, 6.07) is 12.4. The maximum Gasteiger partial charge on any atom is 0.268 e. The van der Waals surface area contributed by atoms with Crippen LogP contribution in [0.25, 0.3) is 0 Å². The number of nitrogens with zero attached hydrogens (tertiary/aromatic N) is 1. The van der Waals surface area contributed by atoms with Crippen LogP contribution >= 0.6 is 11.6 Å². The van der Waals surface area contributed by atoms with Crippen LogP contribution in [-0.2, 0) is 9.59 Å². The third-order valence-electron chi connectivity index (χ3n) is 3.84. The predicted octanol–water partition coefficient (Wildman–Crippen LogP) is 3.40. The number of rotatable bonds is 3. The Morgan fingerprint density at radius 3 is 2.79 bits per heavy atom. The highest BCUT2D eigenvalue weighted by atomic mass is 35.5. The summed E-state index contributed by atoms with van der Waals surface area (Å²) in [5.74, 6) is 0.0782. The van der Waals surface area contributed by atoms with Gasteiger partial charge in [-0.15, -0.1) is 0 Å². The van der Waals surface area contributed by atoms with Gasteiger partial charge >= 0.3 is 0 Å². The second-order valence-electron chi connectivity index (χ2n) is 5.66. The average molecular weight is 345 g/mol. The number of aryl methyl sites for hydroxylation is 1. The van der Waals surface area contributed by atoms with Crippen LogP contribution in [0.3, 0.4) is 0 Å². The van der Waals surface area contributed by atoms with Crippen LogP contribution in [0.4, 0.5) is 11.4 Å². The van der Waals surface area contributed by atoms with E-state index in [-0.39, 0.29) is 18.4 Å². The van der Waals surface area contributed by atoms with Gasteiger partial charge in [0.25, 0.3) is 5.91 Å². The quantitative estimate of drug-likeness (QED) is 0.928. The summed E-state index contributed by atoms with van der Waals surface area (Å²) in [4.78, 5) is 26.2. The molecule has 2 amide bonds. The topological polar surface area (TPSA) is 58.6 Å². The summed E-state index contributed by atoms with van der Waals surface area (Å²) in [7, 11) is 0. The molecular formula is C18H17ClN2O3. The molecule has 1 unspecified atom stereocenters. The van der Waals surface area contributed by atoms with E-state index in [2.05, 4.69) is 5.32 Å². The molecule has 0 aromatic heterocycles. The molecule has 0 spiro atoms. The lowest BCUT2D eigenvalue weighted by Crippen LogP contribution is -2.47. The van der Waals surface area contributed by atoms with Crippen LogP contribution in [0.5, 0.6) is 5.75 Å². The van der Waals surface area contributed by atoms with E-state index in [1.54, 1.807) is 43.3 Å². The molecule has 6 heteroatoms. The van der Waals surface area contributed by atoms with Crippen LogP contribution in [0.15, 0.2) is 42.5 Å². The predicted molar refractivity (Wildman–Crippen MR) is 93.7 cm³/mol.